The SMILES string of the molecule is COC(OC)C(C)NCC1(O)CCOC1C. The molecule has 0 radical (unpaired) electrons. The first-order chi connectivity index (χ1) is 7.53. The van der Waals surface area contributed by atoms with Crippen molar-refractivity contribution in [2.75, 3.05) is 27.4 Å². The molecule has 1 aliphatic rings. The topological polar surface area (TPSA) is 60.0 Å². The third-order valence-electron chi connectivity index (χ3n) is 3.26. The van der Waals surface area contributed by atoms with E-state index < -0.39 is 5.60 Å². The second-order valence-corrected chi connectivity index (χ2v) is 4.38. The zero-order valence-electron chi connectivity index (χ0n) is 10.5. The van der Waals surface area contributed by atoms with Crippen LogP contribution < -0.4 is 5.32 Å². The summed E-state index contributed by atoms with van der Waals surface area (Å²) < 4.78 is 15.6. The summed E-state index contributed by atoms with van der Waals surface area (Å²) in [6, 6.07) is 0.0202. The van der Waals surface area contributed by atoms with E-state index >= 15 is 0 Å². The average Bonchev–Trinajstić information content (AvgIpc) is 2.59. The molecule has 3 atom stereocenters. The van der Waals surface area contributed by atoms with Gasteiger partial charge in [0.2, 0.25) is 0 Å². The molecule has 3 unspecified atom stereocenters. The average molecular weight is 233 g/mol. The first-order valence-electron chi connectivity index (χ1n) is 5.66. The van der Waals surface area contributed by atoms with Crippen molar-refractivity contribution in [2.24, 2.45) is 0 Å². The standard InChI is InChI=1S/C11H23NO4/c1-8(10(14-3)15-4)12-7-11(13)5-6-16-9(11)2/h8-10,12-13H,5-7H2,1-4H3. The van der Waals surface area contributed by atoms with E-state index in [1.54, 1.807) is 14.2 Å². The second-order valence-electron chi connectivity index (χ2n) is 4.38. The lowest BCUT2D eigenvalue weighted by Gasteiger charge is -2.30. The highest BCUT2D eigenvalue weighted by molar-refractivity contribution is 4.92. The van der Waals surface area contributed by atoms with Crippen LogP contribution in [0.25, 0.3) is 0 Å². The van der Waals surface area contributed by atoms with Crippen LogP contribution in [0.5, 0.6) is 0 Å². The Kier molecular flexibility index (Phi) is 5.14. The van der Waals surface area contributed by atoms with Crippen LogP contribution in [-0.4, -0.2) is 56.5 Å². The molecule has 1 saturated heterocycles. The van der Waals surface area contributed by atoms with Crippen molar-refractivity contribution in [1.29, 1.82) is 0 Å². The van der Waals surface area contributed by atoms with Crippen molar-refractivity contribution in [3.8, 4) is 0 Å². The predicted molar refractivity (Wildman–Crippen MR) is 60.3 cm³/mol. The summed E-state index contributed by atoms with van der Waals surface area (Å²) in [5.74, 6) is 0. The molecule has 0 bridgehead atoms. The fourth-order valence-corrected chi connectivity index (χ4v) is 1.94. The van der Waals surface area contributed by atoms with Crippen LogP contribution in [0.4, 0.5) is 0 Å². The number of hydrogen-bond acceptors (Lipinski definition) is 5. The van der Waals surface area contributed by atoms with Crippen LogP contribution in [0.2, 0.25) is 0 Å². The number of rotatable bonds is 6. The Morgan fingerprint density at radius 1 is 1.50 bits per heavy atom. The first kappa shape index (κ1) is 13.9. The van der Waals surface area contributed by atoms with Crippen molar-refractivity contribution >= 4 is 0 Å². The highest BCUT2D eigenvalue weighted by atomic mass is 16.7. The normalized spacial score (nSPS) is 32.2. The maximum atomic E-state index is 10.3. The van der Waals surface area contributed by atoms with Crippen LogP contribution in [0.15, 0.2) is 0 Å². The molecule has 0 aliphatic carbocycles. The lowest BCUT2D eigenvalue weighted by Crippen LogP contribution is -2.51. The lowest BCUT2D eigenvalue weighted by molar-refractivity contribution is -0.123. The van der Waals surface area contributed by atoms with Gasteiger partial charge in [-0.15, -0.1) is 0 Å². The molecule has 0 amide bonds. The van der Waals surface area contributed by atoms with E-state index in [4.69, 9.17) is 14.2 Å². The van der Waals surface area contributed by atoms with Crippen molar-refractivity contribution in [3.05, 3.63) is 0 Å². The van der Waals surface area contributed by atoms with E-state index in [2.05, 4.69) is 5.32 Å². The molecule has 1 fully saturated rings. The molecule has 0 aromatic rings. The minimum absolute atomic E-state index is 0.0202. The maximum Gasteiger partial charge on any atom is 0.171 e. The third-order valence-corrected chi connectivity index (χ3v) is 3.26. The van der Waals surface area contributed by atoms with Gasteiger partial charge in [-0.3, -0.25) is 0 Å². The molecular weight excluding hydrogens is 210 g/mol. The first-order valence-corrected chi connectivity index (χ1v) is 5.66. The number of hydrogen-bond donors (Lipinski definition) is 2. The molecule has 1 rings (SSSR count). The van der Waals surface area contributed by atoms with Gasteiger partial charge in [0.25, 0.3) is 0 Å². The van der Waals surface area contributed by atoms with E-state index in [0.717, 1.165) is 0 Å². The fourth-order valence-electron chi connectivity index (χ4n) is 1.94. The fraction of sp³-hybridized carbons (Fsp3) is 1.00. The molecular formula is C11H23NO4. The van der Waals surface area contributed by atoms with Gasteiger partial charge in [-0.2, -0.15) is 0 Å². The van der Waals surface area contributed by atoms with Gasteiger partial charge in [-0.25, -0.2) is 0 Å². The number of nitrogens with one attached hydrogen (secondary N) is 1. The van der Waals surface area contributed by atoms with E-state index in [9.17, 15) is 5.11 Å². The molecule has 5 nitrogen and oxygen atoms in total. The Bertz CT molecular complexity index is 210. The zero-order chi connectivity index (χ0) is 12.2. The smallest absolute Gasteiger partial charge is 0.171 e. The van der Waals surface area contributed by atoms with E-state index in [-0.39, 0.29) is 18.4 Å². The maximum absolute atomic E-state index is 10.3. The number of aliphatic hydroxyl groups is 1. The second kappa shape index (κ2) is 5.93. The van der Waals surface area contributed by atoms with E-state index in [1.807, 2.05) is 13.8 Å². The molecule has 5 heteroatoms. The summed E-state index contributed by atoms with van der Waals surface area (Å²) in [5, 5.41) is 13.5. The summed E-state index contributed by atoms with van der Waals surface area (Å²) >= 11 is 0. The predicted octanol–water partition coefficient (Wildman–Crippen LogP) is 0.123. The minimum atomic E-state index is -0.777. The van der Waals surface area contributed by atoms with Gasteiger partial charge in [0, 0.05) is 33.8 Å². The van der Waals surface area contributed by atoms with Gasteiger partial charge < -0.3 is 24.6 Å². The van der Waals surface area contributed by atoms with Crippen molar-refractivity contribution in [1.82, 2.24) is 5.32 Å². The van der Waals surface area contributed by atoms with Crippen LogP contribution in [0, 0.1) is 0 Å². The highest BCUT2D eigenvalue weighted by Gasteiger charge is 2.39. The molecule has 96 valence electrons. The Hall–Kier alpha value is -0.200. The molecule has 1 heterocycles. The van der Waals surface area contributed by atoms with Gasteiger partial charge in [0.05, 0.1) is 12.1 Å². The van der Waals surface area contributed by atoms with Crippen LogP contribution >= 0.6 is 0 Å². The summed E-state index contributed by atoms with van der Waals surface area (Å²) in [6.07, 6.45) is 0.232. The molecule has 0 spiro atoms. The molecule has 16 heavy (non-hydrogen) atoms. The Labute approximate surface area is 97.1 Å². The van der Waals surface area contributed by atoms with Crippen LogP contribution in [-0.2, 0) is 14.2 Å². The van der Waals surface area contributed by atoms with Crippen molar-refractivity contribution < 1.29 is 19.3 Å². The Balaban J connectivity index is 2.38. The lowest BCUT2D eigenvalue weighted by atomic mass is 9.96. The van der Waals surface area contributed by atoms with Gasteiger partial charge in [-0.05, 0) is 13.8 Å². The monoisotopic (exact) mass is 233 g/mol. The van der Waals surface area contributed by atoms with Gasteiger partial charge in [0.1, 0.15) is 5.60 Å². The van der Waals surface area contributed by atoms with Crippen LogP contribution in [0.3, 0.4) is 0 Å². The van der Waals surface area contributed by atoms with Crippen molar-refractivity contribution in [3.63, 3.8) is 0 Å². The van der Waals surface area contributed by atoms with E-state index in [0.29, 0.717) is 19.6 Å². The number of methoxy groups -OCH3 is 2. The molecule has 1 aliphatic heterocycles. The van der Waals surface area contributed by atoms with Gasteiger partial charge in [-0.1, -0.05) is 0 Å². The summed E-state index contributed by atoms with van der Waals surface area (Å²) in [6.45, 7) is 4.95. The van der Waals surface area contributed by atoms with Gasteiger partial charge in [0.15, 0.2) is 6.29 Å². The quantitative estimate of drug-likeness (QED) is 0.638. The molecule has 0 aromatic carbocycles. The third kappa shape index (κ3) is 3.15. The number of ether oxygens (including phenoxy) is 3. The van der Waals surface area contributed by atoms with Gasteiger partial charge >= 0.3 is 0 Å². The summed E-state index contributed by atoms with van der Waals surface area (Å²) in [5.41, 5.74) is -0.777. The molecule has 0 saturated carbocycles. The highest BCUT2D eigenvalue weighted by Crippen LogP contribution is 2.24. The largest absolute Gasteiger partial charge is 0.386 e. The zero-order valence-corrected chi connectivity index (χ0v) is 10.5. The Morgan fingerprint density at radius 2 is 2.12 bits per heavy atom. The van der Waals surface area contributed by atoms with Crippen LogP contribution in [0.1, 0.15) is 20.3 Å². The Morgan fingerprint density at radius 3 is 2.56 bits per heavy atom. The van der Waals surface area contributed by atoms with E-state index in [1.165, 1.54) is 0 Å². The van der Waals surface area contributed by atoms with Crippen molar-refractivity contribution in [2.45, 2.75) is 44.3 Å². The molecule has 2 N–H and O–H groups in total. The summed E-state index contributed by atoms with van der Waals surface area (Å²) in [4.78, 5) is 0. The summed E-state index contributed by atoms with van der Waals surface area (Å²) in [7, 11) is 3.20. The molecule has 0 aromatic heterocycles. The minimum Gasteiger partial charge on any atom is -0.386 e.